The molecule has 0 aliphatic rings. The number of hydrogen-bond acceptors (Lipinski definition) is 3. The first kappa shape index (κ1) is 13.4. The number of aromatic hydroxyl groups is 1. The zero-order valence-corrected chi connectivity index (χ0v) is 11.5. The molecule has 2 N–H and O–H groups in total. The molecule has 0 aliphatic heterocycles. The van der Waals surface area contributed by atoms with Crippen molar-refractivity contribution in [1.29, 1.82) is 0 Å². The van der Waals surface area contributed by atoms with Crippen molar-refractivity contribution in [3.05, 3.63) is 53.6 Å². The molecule has 2 aromatic rings. The van der Waals surface area contributed by atoms with Crippen molar-refractivity contribution in [2.45, 2.75) is 18.7 Å². The maximum absolute atomic E-state index is 12.1. The molecule has 0 spiro atoms. The predicted molar refractivity (Wildman–Crippen MR) is 74.8 cm³/mol. The normalized spacial score (nSPS) is 11.3. The highest BCUT2D eigenvalue weighted by atomic mass is 32.2. The molecule has 0 radical (unpaired) electrons. The van der Waals surface area contributed by atoms with Gasteiger partial charge < -0.3 is 5.11 Å². The molecule has 4 nitrogen and oxygen atoms in total. The summed E-state index contributed by atoms with van der Waals surface area (Å²) in [6, 6.07) is 11.2. The van der Waals surface area contributed by atoms with Crippen molar-refractivity contribution in [3.63, 3.8) is 0 Å². The first-order chi connectivity index (χ1) is 8.88. The summed E-state index contributed by atoms with van der Waals surface area (Å²) in [6.07, 6.45) is 0. The monoisotopic (exact) mass is 277 g/mol. The number of benzene rings is 2. The van der Waals surface area contributed by atoms with Crippen LogP contribution in [0.3, 0.4) is 0 Å². The number of anilines is 1. The van der Waals surface area contributed by atoms with Crippen LogP contribution in [0.2, 0.25) is 0 Å². The Balaban J connectivity index is 2.30. The standard InChI is InChI=1S/C14H15NO3S/c1-10-3-6-13(7-4-10)19(17,18)15-12-5-8-14(16)11(2)9-12/h3-9,15-16H,1-2H3. The van der Waals surface area contributed by atoms with Gasteiger partial charge in [-0.05, 0) is 49.7 Å². The molecule has 0 atom stereocenters. The van der Waals surface area contributed by atoms with Crippen molar-refractivity contribution >= 4 is 15.7 Å². The summed E-state index contributed by atoms with van der Waals surface area (Å²) >= 11 is 0. The third-order valence-electron chi connectivity index (χ3n) is 2.78. The van der Waals surface area contributed by atoms with Crippen LogP contribution < -0.4 is 4.72 Å². The Hall–Kier alpha value is -2.01. The minimum atomic E-state index is -3.59. The molecular weight excluding hydrogens is 262 g/mol. The Morgan fingerprint density at radius 2 is 1.63 bits per heavy atom. The zero-order chi connectivity index (χ0) is 14.0. The number of phenols is 1. The van der Waals surface area contributed by atoms with Gasteiger partial charge in [0.1, 0.15) is 5.75 Å². The number of phenolic OH excluding ortho intramolecular Hbond substituents is 1. The minimum Gasteiger partial charge on any atom is -0.508 e. The fourth-order valence-electron chi connectivity index (χ4n) is 1.65. The van der Waals surface area contributed by atoms with Crippen LogP contribution >= 0.6 is 0 Å². The second-order valence-electron chi connectivity index (χ2n) is 4.42. The van der Waals surface area contributed by atoms with Gasteiger partial charge in [0.2, 0.25) is 0 Å². The van der Waals surface area contributed by atoms with Crippen LogP contribution in [-0.4, -0.2) is 13.5 Å². The average molecular weight is 277 g/mol. The lowest BCUT2D eigenvalue weighted by Crippen LogP contribution is -2.12. The van der Waals surface area contributed by atoms with Crippen molar-refractivity contribution in [2.75, 3.05) is 4.72 Å². The van der Waals surface area contributed by atoms with Gasteiger partial charge in [0.15, 0.2) is 0 Å². The Labute approximate surface area is 112 Å². The van der Waals surface area contributed by atoms with Gasteiger partial charge in [-0.15, -0.1) is 0 Å². The molecule has 0 saturated carbocycles. The molecule has 19 heavy (non-hydrogen) atoms. The lowest BCUT2D eigenvalue weighted by Gasteiger charge is -2.09. The predicted octanol–water partition coefficient (Wildman–Crippen LogP) is 2.81. The van der Waals surface area contributed by atoms with Crippen molar-refractivity contribution < 1.29 is 13.5 Å². The van der Waals surface area contributed by atoms with Crippen LogP contribution in [0.4, 0.5) is 5.69 Å². The Morgan fingerprint density at radius 3 is 2.21 bits per heavy atom. The summed E-state index contributed by atoms with van der Waals surface area (Å²) in [5.74, 6) is 0.137. The summed E-state index contributed by atoms with van der Waals surface area (Å²) in [5, 5.41) is 9.41. The minimum absolute atomic E-state index is 0.137. The number of hydrogen-bond donors (Lipinski definition) is 2. The highest BCUT2D eigenvalue weighted by Gasteiger charge is 2.14. The van der Waals surface area contributed by atoms with E-state index in [9.17, 15) is 13.5 Å². The van der Waals surface area contributed by atoms with Crippen LogP contribution in [0.1, 0.15) is 11.1 Å². The number of rotatable bonds is 3. The van der Waals surface area contributed by atoms with Gasteiger partial charge in [0, 0.05) is 5.69 Å². The third kappa shape index (κ3) is 3.06. The smallest absolute Gasteiger partial charge is 0.261 e. The molecule has 0 bridgehead atoms. The molecule has 0 fully saturated rings. The largest absolute Gasteiger partial charge is 0.508 e. The number of sulfonamides is 1. The van der Waals surface area contributed by atoms with E-state index in [2.05, 4.69) is 4.72 Å². The van der Waals surface area contributed by atoms with Crippen LogP contribution in [0.15, 0.2) is 47.4 Å². The molecule has 0 aromatic heterocycles. The highest BCUT2D eigenvalue weighted by Crippen LogP contribution is 2.22. The van der Waals surface area contributed by atoms with Crippen molar-refractivity contribution in [1.82, 2.24) is 0 Å². The summed E-state index contributed by atoms with van der Waals surface area (Å²) in [6.45, 7) is 3.60. The third-order valence-corrected chi connectivity index (χ3v) is 4.18. The maximum atomic E-state index is 12.1. The molecule has 100 valence electrons. The van der Waals surface area contributed by atoms with E-state index in [-0.39, 0.29) is 10.6 Å². The van der Waals surface area contributed by atoms with Gasteiger partial charge in [-0.2, -0.15) is 0 Å². The van der Waals surface area contributed by atoms with E-state index >= 15 is 0 Å². The topological polar surface area (TPSA) is 66.4 Å². The van der Waals surface area contributed by atoms with E-state index in [1.54, 1.807) is 37.3 Å². The van der Waals surface area contributed by atoms with Gasteiger partial charge in [-0.3, -0.25) is 4.72 Å². The molecule has 0 saturated heterocycles. The second kappa shape index (κ2) is 4.93. The molecule has 2 aromatic carbocycles. The van der Waals surface area contributed by atoms with E-state index in [4.69, 9.17) is 0 Å². The summed E-state index contributed by atoms with van der Waals surface area (Å²) in [5.41, 5.74) is 2.04. The van der Waals surface area contributed by atoms with Gasteiger partial charge in [-0.25, -0.2) is 8.42 Å². The quantitative estimate of drug-likeness (QED) is 0.848. The Kier molecular flexibility index (Phi) is 3.48. The van der Waals surface area contributed by atoms with Gasteiger partial charge in [0.25, 0.3) is 10.0 Å². The molecular formula is C14H15NO3S. The fourth-order valence-corrected chi connectivity index (χ4v) is 2.70. The summed E-state index contributed by atoms with van der Waals surface area (Å²) in [4.78, 5) is 0.212. The lowest BCUT2D eigenvalue weighted by atomic mass is 10.2. The molecule has 0 unspecified atom stereocenters. The molecule has 5 heteroatoms. The van der Waals surface area contributed by atoms with Gasteiger partial charge >= 0.3 is 0 Å². The van der Waals surface area contributed by atoms with Crippen LogP contribution in [0, 0.1) is 13.8 Å². The number of aryl methyl sites for hydroxylation is 2. The lowest BCUT2D eigenvalue weighted by molar-refractivity contribution is 0.471. The van der Waals surface area contributed by atoms with E-state index in [0.29, 0.717) is 11.3 Å². The second-order valence-corrected chi connectivity index (χ2v) is 6.10. The Bertz CT molecular complexity index is 691. The SMILES string of the molecule is Cc1ccc(S(=O)(=O)Nc2ccc(O)c(C)c2)cc1. The maximum Gasteiger partial charge on any atom is 0.261 e. The van der Waals surface area contributed by atoms with Gasteiger partial charge in [0.05, 0.1) is 4.90 Å². The van der Waals surface area contributed by atoms with Crippen LogP contribution in [-0.2, 0) is 10.0 Å². The first-order valence-electron chi connectivity index (χ1n) is 5.77. The molecule has 0 aliphatic carbocycles. The first-order valence-corrected chi connectivity index (χ1v) is 7.26. The van der Waals surface area contributed by atoms with E-state index in [1.165, 1.54) is 12.1 Å². The van der Waals surface area contributed by atoms with Gasteiger partial charge in [-0.1, -0.05) is 17.7 Å². The highest BCUT2D eigenvalue weighted by molar-refractivity contribution is 7.92. The van der Waals surface area contributed by atoms with Crippen molar-refractivity contribution in [3.8, 4) is 5.75 Å². The molecule has 2 rings (SSSR count). The van der Waals surface area contributed by atoms with Crippen LogP contribution in [0.25, 0.3) is 0 Å². The fraction of sp³-hybridized carbons (Fsp3) is 0.143. The average Bonchev–Trinajstić information content (AvgIpc) is 2.34. The van der Waals surface area contributed by atoms with E-state index in [1.807, 2.05) is 6.92 Å². The molecule has 0 heterocycles. The van der Waals surface area contributed by atoms with E-state index < -0.39 is 10.0 Å². The van der Waals surface area contributed by atoms with E-state index in [0.717, 1.165) is 5.56 Å². The summed E-state index contributed by atoms with van der Waals surface area (Å²) in [7, 11) is -3.59. The number of nitrogens with one attached hydrogen (secondary N) is 1. The van der Waals surface area contributed by atoms with Crippen LogP contribution in [0.5, 0.6) is 5.75 Å². The Morgan fingerprint density at radius 1 is 1.00 bits per heavy atom. The van der Waals surface area contributed by atoms with Crippen molar-refractivity contribution in [2.24, 2.45) is 0 Å². The molecule has 0 amide bonds. The zero-order valence-electron chi connectivity index (χ0n) is 10.7. The summed E-state index contributed by atoms with van der Waals surface area (Å²) < 4.78 is 26.8.